The second-order valence-electron chi connectivity index (χ2n) is 3.68. The van der Waals surface area contributed by atoms with Gasteiger partial charge in [0.25, 0.3) is 5.91 Å². The van der Waals surface area contributed by atoms with Crippen molar-refractivity contribution in [3.8, 4) is 5.75 Å². The summed E-state index contributed by atoms with van der Waals surface area (Å²) in [6.45, 7) is 2.71. The summed E-state index contributed by atoms with van der Waals surface area (Å²) in [7, 11) is 0. The van der Waals surface area contributed by atoms with Gasteiger partial charge in [-0.3, -0.25) is 4.79 Å². The van der Waals surface area contributed by atoms with Crippen LogP contribution in [0.3, 0.4) is 0 Å². The summed E-state index contributed by atoms with van der Waals surface area (Å²) >= 11 is 3.26. The molecule has 0 atom stereocenters. The minimum atomic E-state index is -0.264. The monoisotopic (exact) mass is 301 g/mol. The average Bonchev–Trinajstić information content (AvgIpc) is 2.31. The van der Waals surface area contributed by atoms with E-state index in [9.17, 15) is 9.90 Å². The largest absolute Gasteiger partial charge is 0.507 e. The zero-order valence-electron chi connectivity index (χ0n) is 9.69. The molecule has 0 unspecified atom stereocenters. The molecule has 0 saturated heterocycles. The Hall–Kier alpha value is -1.07. The zero-order valence-corrected chi connectivity index (χ0v) is 11.3. The molecule has 1 aromatic carbocycles. The van der Waals surface area contributed by atoms with Crippen LogP contribution in [0.25, 0.3) is 0 Å². The number of amides is 1. The molecule has 2 N–H and O–H groups in total. The van der Waals surface area contributed by atoms with Crippen LogP contribution < -0.4 is 0 Å². The number of hydrogen-bond acceptors (Lipinski definition) is 3. The molecule has 1 aromatic rings. The number of phenolic OH excluding ortho intramolecular Hbond substituents is 1. The second kappa shape index (κ2) is 6.61. The number of carbonyl (C=O) groups excluding carboxylic acids is 1. The molecule has 5 heteroatoms. The number of nitrogens with zero attached hydrogens (tertiary/aromatic N) is 1. The topological polar surface area (TPSA) is 60.8 Å². The van der Waals surface area contributed by atoms with Crippen molar-refractivity contribution in [2.75, 3.05) is 19.7 Å². The number of phenols is 1. The molecule has 0 aliphatic rings. The van der Waals surface area contributed by atoms with Gasteiger partial charge in [0.1, 0.15) is 5.75 Å². The minimum Gasteiger partial charge on any atom is -0.507 e. The number of hydrogen-bond donors (Lipinski definition) is 2. The Bertz CT molecular complexity index is 389. The Labute approximate surface area is 109 Å². The van der Waals surface area contributed by atoms with Crippen molar-refractivity contribution in [3.63, 3.8) is 0 Å². The maximum Gasteiger partial charge on any atom is 0.257 e. The van der Waals surface area contributed by atoms with Crippen molar-refractivity contribution in [1.82, 2.24) is 4.90 Å². The second-order valence-corrected chi connectivity index (χ2v) is 4.59. The van der Waals surface area contributed by atoms with Crippen LogP contribution >= 0.6 is 15.9 Å². The van der Waals surface area contributed by atoms with Crippen LogP contribution in [0, 0.1) is 0 Å². The first-order chi connectivity index (χ1) is 8.10. The summed E-state index contributed by atoms with van der Waals surface area (Å²) in [5, 5.41) is 18.6. The lowest BCUT2D eigenvalue weighted by Crippen LogP contribution is -2.34. The number of aliphatic hydroxyl groups is 1. The number of rotatable bonds is 5. The summed E-state index contributed by atoms with van der Waals surface area (Å²) in [6, 6.07) is 4.72. The molecule has 0 fully saturated rings. The molecule has 0 heterocycles. The highest BCUT2D eigenvalue weighted by molar-refractivity contribution is 9.10. The number of halogens is 1. The van der Waals surface area contributed by atoms with E-state index in [1.165, 1.54) is 11.0 Å². The van der Waals surface area contributed by atoms with Gasteiger partial charge in [-0.05, 0) is 24.6 Å². The summed E-state index contributed by atoms with van der Waals surface area (Å²) < 4.78 is 0.735. The third-order valence-corrected chi connectivity index (χ3v) is 2.83. The van der Waals surface area contributed by atoms with Crippen molar-refractivity contribution in [3.05, 3.63) is 28.2 Å². The predicted octanol–water partition coefficient (Wildman–Crippen LogP) is 2.00. The number of aromatic hydroxyl groups is 1. The van der Waals surface area contributed by atoms with Crippen LogP contribution in [0.2, 0.25) is 0 Å². The van der Waals surface area contributed by atoms with E-state index in [-0.39, 0.29) is 30.4 Å². The quantitative estimate of drug-likeness (QED) is 0.874. The highest BCUT2D eigenvalue weighted by atomic mass is 79.9. The predicted molar refractivity (Wildman–Crippen MR) is 69.1 cm³/mol. The average molecular weight is 302 g/mol. The Morgan fingerprint density at radius 2 is 2.12 bits per heavy atom. The summed E-state index contributed by atoms with van der Waals surface area (Å²) in [5.41, 5.74) is 0.251. The van der Waals surface area contributed by atoms with Crippen molar-refractivity contribution >= 4 is 21.8 Å². The lowest BCUT2D eigenvalue weighted by Gasteiger charge is -2.21. The van der Waals surface area contributed by atoms with Gasteiger partial charge in [0.15, 0.2) is 0 Å². The normalized spacial score (nSPS) is 10.3. The van der Waals surface area contributed by atoms with E-state index >= 15 is 0 Å². The lowest BCUT2D eigenvalue weighted by molar-refractivity contribution is 0.0719. The van der Waals surface area contributed by atoms with Gasteiger partial charge >= 0.3 is 0 Å². The van der Waals surface area contributed by atoms with Gasteiger partial charge in [-0.25, -0.2) is 0 Å². The first-order valence-corrected chi connectivity index (χ1v) is 6.28. The molecule has 0 aliphatic heterocycles. The Morgan fingerprint density at radius 1 is 1.41 bits per heavy atom. The van der Waals surface area contributed by atoms with E-state index in [4.69, 9.17) is 5.11 Å². The van der Waals surface area contributed by atoms with Gasteiger partial charge in [-0.2, -0.15) is 0 Å². The first-order valence-electron chi connectivity index (χ1n) is 5.48. The van der Waals surface area contributed by atoms with Crippen LogP contribution in [0.5, 0.6) is 5.75 Å². The molecular weight excluding hydrogens is 286 g/mol. The molecule has 0 saturated carbocycles. The summed E-state index contributed by atoms with van der Waals surface area (Å²) in [4.78, 5) is 13.7. The molecule has 4 nitrogen and oxygen atoms in total. The van der Waals surface area contributed by atoms with E-state index in [0.29, 0.717) is 6.54 Å². The fourth-order valence-electron chi connectivity index (χ4n) is 1.56. The summed E-state index contributed by atoms with van der Waals surface area (Å²) in [5.74, 6) is -0.308. The molecule has 1 amide bonds. The van der Waals surface area contributed by atoms with Gasteiger partial charge in [0, 0.05) is 17.6 Å². The van der Waals surface area contributed by atoms with Crippen molar-refractivity contribution in [1.29, 1.82) is 0 Å². The van der Waals surface area contributed by atoms with Crippen LogP contribution in [0.4, 0.5) is 0 Å². The van der Waals surface area contributed by atoms with Gasteiger partial charge in [0.2, 0.25) is 0 Å². The van der Waals surface area contributed by atoms with E-state index in [0.717, 1.165) is 10.9 Å². The molecule has 0 bridgehead atoms. The number of aliphatic hydroxyl groups excluding tert-OH is 1. The third kappa shape index (κ3) is 3.71. The molecule has 1 rings (SSSR count). The lowest BCUT2D eigenvalue weighted by atomic mass is 10.1. The van der Waals surface area contributed by atoms with Crippen molar-refractivity contribution < 1.29 is 15.0 Å². The highest BCUT2D eigenvalue weighted by Crippen LogP contribution is 2.23. The molecule has 17 heavy (non-hydrogen) atoms. The SMILES string of the molecule is CCCN(CCO)C(=O)c1cc(Br)ccc1O. The van der Waals surface area contributed by atoms with E-state index in [2.05, 4.69) is 15.9 Å². The summed E-state index contributed by atoms with van der Waals surface area (Å²) in [6.07, 6.45) is 0.806. The zero-order chi connectivity index (χ0) is 12.8. The molecule has 0 aliphatic carbocycles. The third-order valence-electron chi connectivity index (χ3n) is 2.34. The van der Waals surface area contributed by atoms with E-state index in [1.54, 1.807) is 12.1 Å². The van der Waals surface area contributed by atoms with Gasteiger partial charge < -0.3 is 15.1 Å². The Morgan fingerprint density at radius 3 is 2.71 bits per heavy atom. The van der Waals surface area contributed by atoms with Crippen molar-refractivity contribution in [2.24, 2.45) is 0 Å². The first kappa shape index (κ1) is 14.0. The standard InChI is InChI=1S/C12H16BrNO3/c1-2-5-14(6-7-15)12(17)10-8-9(13)3-4-11(10)16/h3-4,8,15-16H,2,5-7H2,1H3. The van der Waals surface area contributed by atoms with Gasteiger partial charge in [-0.1, -0.05) is 22.9 Å². The van der Waals surface area contributed by atoms with E-state index < -0.39 is 0 Å². The number of benzene rings is 1. The maximum absolute atomic E-state index is 12.1. The fraction of sp³-hybridized carbons (Fsp3) is 0.417. The van der Waals surface area contributed by atoms with Crippen LogP contribution in [-0.2, 0) is 0 Å². The fourth-order valence-corrected chi connectivity index (χ4v) is 1.92. The van der Waals surface area contributed by atoms with Crippen LogP contribution in [-0.4, -0.2) is 40.7 Å². The van der Waals surface area contributed by atoms with Crippen molar-refractivity contribution in [2.45, 2.75) is 13.3 Å². The molecule has 0 spiro atoms. The van der Waals surface area contributed by atoms with Crippen LogP contribution in [0.1, 0.15) is 23.7 Å². The van der Waals surface area contributed by atoms with E-state index in [1.807, 2.05) is 6.92 Å². The van der Waals surface area contributed by atoms with Crippen LogP contribution in [0.15, 0.2) is 22.7 Å². The smallest absolute Gasteiger partial charge is 0.257 e. The van der Waals surface area contributed by atoms with Gasteiger partial charge in [0.05, 0.1) is 12.2 Å². The molecular formula is C12H16BrNO3. The number of carbonyl (C=O) groups is 1. The maximum atomic E-state index is 12.1. The highest BCUT2D eigenvalue weighted by Gasteiger charge is 2.18. The minimum absolute atomic E-state index is 0.0442. The Balaban J connectivity index is 2.95. The molecule has 0 aromatic heterocycles. The molecule has 0 radical (unpaired) electrons. The molecule has 94 valence electrons. The Kier molecular flexibility index (Phi) is 5.44. The van der Waals surface area contributed by atoms with Gasteiger partial charge in [-0.15, -0.1) is 0 Å².